The third kappa shape index (κ3) is 3.61. The largest absolute Gasteiger partial charge is 0.478 e. The standard InChI is InChI=1S/C17H18O4/c1-11-6-12(2)8-14(7-11)15-5-4-13(17(18)19)9-16(15)21-10-20-3/h4-9H,10H2,1-3H3,(H,18,19). The minimum atomic E-state index is -0.982. The lowest BCUT2D eigenvalue weighted by atomic mass is 9.99. The van der Waals surface area contributed by atoms with Gasteiger partial charge in [0.25, 0.3) is 0 Å². The minimum absolute atomic E-state index is 0.0703. The van der Waals surface area contributed by atoms with Gasteiger partial charge in [0.05, 0.1) is 5.56 Å². The Morgan fingerprint density at radius 2 is 1.76 bits per heavy atom. The number of methoxy groups -OCH3 is 1. The van der Waals surface area contributed by atoms with Crippen LogP contribution in [0.2, 0.25) is 0 Å². The fourth-order valence-corrected chi connectivity index (χ4v) is 2.27. The number of aryl methyl sites for hydroxylation is 2. The predicted octanol–water partition coefficient (Wildman–Crippen LogP) is 3.65. The number of hydrogen-bond donors (Lipinski definition) is 1. The summed E-state index contributed by atoms with van der Waals surface area (Å²) in [6, 6.07) is 11.0. The molecule has 4 heteroatoms. The van der Waals surface area contributed by atoms with Crippen LogP contribution < -0.4 is 4.74 Å². The van der Waals surface area contributed by atoms with Crippen LogP contribution in [0.25, 0.3) is 11.1 Å². The van der Waals surface area contributed by atoms with Crippen LogP contribution in [0, 0.1) is 13.8 Å². The summed E-state index contributed by atoms with van der Waals surface area (Å²) in [6.07, 6.45) is 0. The number of ether oxygens (including phenoxy) is 2. The number of carboxylic acids is 1. The van der Waals surface area contributed by atoms with Crippen molar-refractivity contribution in [1.82, 2.24) is 0 Å². The third-order valence-corrected chi connectivity index (χ3v) is 3.09. The van der Waals surface area contributed by atoms with E-state index in [1.807, 2.05) is 26.0 Å². The Labute approximate surface area is 123 Å². The molecule has 0 fully saturated rings. The Kier molecular flexibility index (Phi) is 4.60. The highest BCUT2D eigenvalue weighted by molar-refractivity contribution is 5.89. The third-order valence-electron chi connectivity index (χ3n) is 3.09. The van der Waals surface area contributed by atoms with Crippen LogP contribution in [-0.2, 0) is 4.74 Å². The quantitative estimate of drug-likeness (QED) is 0.852. The van der Waals surface area contributed by atoms with E-state index < -0.39 is 5.97 Å². The van der Waals surface area contributed by atoms with Crippen molar-refractivity contribution in [3.8, 4) is 16.9 Å². The first kappa shape index (κ1) is 15.1. The van der Waals surface area contributed by atoms with Gasteiger partial charge in [-0.1, -0.05) is 29.3 Å². The summed E-state index contributed by atoms with van der Waals surface area (Å²) in [5.74, 6) is -0.481. The summed E-state index contributed by atoms with van der Waals surface area (Å²) in [5.41, 5.74) is 4.32. The Morgan fingerprint density at radius 3 is 2.33 bits per heavy atom. The van der Waals surface area contributed by atoms with Crippen molar-refractivity contribution in [3.05, 3.63) is 53.1 Å². The first-order chi connectivity index (χ1) is 10.0. The van der Waals surface area contributed by atoms with E-state index in [9.17, 15) is 4.79 Å². The van der Waals surface area contributed by atoms with Gasteiger partial charge in [0.2, 0.25) is 0 Å². The van der Waals surface area contributed by atoms with Gasteiger partial charge in [0.1, 0.15) is 5.75 Å². The summed E-state index contributed by atoms with van der Waals surface area (Å²) in [6.45, 7) is 4.12. The van der Waals surface area contributed by atoms with Crippen molar-refractivity contribution < 1.29 is 19.4 Å². The van der Waals surface area contributed by atoms with E-state index in [-0.39, 0.29) is 12.4 Å². The van der Waals surface area contributed by atoms with Crippen molar-refractivity contribution >= 4 is 5.97 Å². The number of carboxylic acid groups (broad SMARTS) is 1. The van der Waals surface area contributed by atoms with E-state index in [4.69, 9.17) is 14.6 Å². The fourth-order valence-electron chi connectivity index (χ4n) is 2.27. The van der Waals surface area contributed by atoms with Gasteiger partial charge in [0, 0.05) is 12.7 Å². The van der Waals surface area contributed by atoms with E-state index in [1.165, 1.54) is 13.2 Å². The molecule has 0 saturated carbocycles. The molecule has 0 bridgehead atoms. The van der Waals surface area contributed by atoms with Gasteiger partial charge in [-0.2, -0.15) is 0 Å². The second kappa shape index (κ2) is 6.41. The molecule has 2 aromatic carbocycles. The molecule has 0 aliphatic rings. The molecule has 4 nitrogen and oxygen atoms in total. The number of rotatable bonds is 5. The second-order valence-corrected chi connectivity index (χ2v) is 4.94. The fraction of sp³-hybridized carbons (Fsp3) is 0.235. The minimum Gasteiger partial charge on any atom is -0.478 e. The van der Waals surface area contributed by atoms with E-state index in [2.05, 4.69) is 6.07 Å². The first-order valence-electron chi connectivity index (χ1n) is 6.59. The highest BCUT2D eigenvalue weighted by atomic mass is 16.7. The van der Waals surface area contributed by atoms with Crippen LogP contribution in [0.1, 0.15) is 21.5 Å². The summed E-state index contributed by atoms with van der Waals surface area (Å²) in [4.78, 5) is 11.1. The molecule has 0 radical (unpaired) electrons. The van der Waals surface area contributed by atoms with Crippen molar-refractivity contribution in [2.24, 2.45) is 0 Å². The zero-order valence-electron chi connectivity index (χ0n) is 12.3. The number of carbonyl (C=O) groups is 1. The lowest BCUT2D eigenvalue weighted by Gasteiger charge is -2.13. The average Bonchev–Trinajstić information content (AvgIpc) is 2.43. The molecule has 0 aliphatic heterocycles. The molecule has 110 valence electrons. The van der Waals surface area contributed by atoms with E-state index >= 15 is 0 Å². The molecule has 0 saturated heterocycles. The van der Waals surface area contributed by atoms with E-state index in [0.717, 1.165) is 22.3 Å². The van der Waals surface area contributed by atoms with Crippen molar-refractivity contribution in [2.45, 2.75) is 13.8 Å². The zero-order valence-corrected chi connectivity index (χ0v) is 12.3. The Bertz CT molecular complexity index is 642. The molecule has 0 aromatic heterocycles. The molecule has 1 N–H and O–H groups in total. The lowest BCUT2D eigenvalue weighted by Crippen LogP contribution is -2.03. The van der Waals surface area contributed by atoms with Gasteiger partial charge in [0.15, 0.2) is 6.79 Å². The Hall–Kier alpha value is -2.33. The highest BCUT2D eigenvalue weighted by Crippen LogP contribution is 2.32. The smallest absolute Gasteiger partial charge is 0.335 e. The molecule has 0 amide bonds. The normalized spacial score (nSPS) is 10.4. The number of benzene rings is 2. The second-order valence-electron chi connectivity index (χ2n) is 4.94. The van der Waals surface area contributed by atoms with Crippen LogP contribution in [0.15, 0.2) is 36.4 Å². The van der Waals surface area contributed by atoms with Gasteiger partial charge in [-0.25, -0.2) is 4.79 Å². The van der Waals surface area contributed by atoms with Gasteiger partial charge >= 0.3 is 5.97 Å². The zero-order chi connectivity index (χ0) is 15.4. The molecule has 21 heavy (non-hydrogen) atoms. The van der Waals surface area contributed by atoms with Crippen LogP contribution >= 0.6 is 0 Å². The monoisotopic (exact) mass is 286 g/mol. The number of aromatic carboxylic acids is 1. The summed E-state index contributed by atoms with van der Waals surface area (Å²) in [7, 11) is 1.53. The molecule has 0 unspecified atom stereocenters. The maximum Gasteiger partial charge on any atom is 0.335 e. The van der Waals surface area contributed by atoms with Gasteiger partial charge in [-0.3, -0.25) is 0 Å². The van der Waals surface area contributed by atoms with Crippen LogP contribution in [0.3, 0.4) is 0 Å². The Morgan fingerprint density at radius 1 is 1.10 bits per heavy atom. The lowest BCUT2D eigenvalue weighted by molar-refractivity contribution is 0.0511. The maximum absolute atomic E-state index is 11.1. The molecular weight excluding hydrogens is 268 g/mol. The molecule has 0 heterocycles. The molecule has 0 atom stereocenters. The average molecular weight is 286 g/mol. The van der Waals surface area contributed by atoms with Crippen molar-refractivity contribution in [1.29, 1.82) is 0 Å². The summed E-state index contributed by atoms with van der Waals surface area (Å²) < 4.78 is 10.4. The molecule has 0 spiro atoms. The van der Waals surface area contributed by atoms with Gasteiger partial charge in [-0.05, 0) is 37.6 Å². The predicted molar refractivity (Wildman–Crippen MR) is 80.8 cm³/mol. The SMILES string of the molecule is COCOc1cc(C(=O)O)ccc1-c1cc(C)cc(C)c1. The molecule has 2 aromatic rings. The van der Waals surface area contributed by atoms with Crippen LogP contribution in [0.5, 0.6) is 5.75 Å². The van der Waals surface area contributed by atoms with Crippen molar-refractivity contribution in [3.63, 3.8) is 0 Å². The molecule has 0 aliphatic carbocycles. The van der Waals surface area contributed by atoms with Crippen LogP contribution in [-0.4, -0.2) is 25.0 Å². The van der Waals surface area contributed by atoms with Crippen LogP contribution in [0.4, 0.5) is 0 Å². The van der Waals surface area contributed by atoms with E-state index in [0.29, 0.717) is 5.75 Å². The Balaban J connectivity index is 2.52. The van der Waals surface area contributed by atoms with E-state index in [1.54, 1.807) is 12.1 Å². The molecule has 2 rings (SSSR count). The first-order valence-corrected chi connectivity index (χ1v) is 6.59. The number of hydrogen-bond acceptors (Lipinski definition) is 3. The van der Waals surface area contributed by atoms with Gasteiger partial charge in [-0.15, -0.1) is 0 Å². The van der Waals surface area contributed by atoms with Gasteiger partial charge < -0.3 is 14.6 Å². The maximum atomic E-state index is 11.1. The summed E-state index contributed by atoms with van der Waals surface area (Å²) in [5, 5.41) is 9.10. The topological polar surface area (TPSA) is 55.8 Å². The highest BCUT2D eigenvalue weighted by Gasteiger charge is 2.12. The summed E-state index contributed by atoms with van der Waals surface area (Å²) >= 11 is 0. The van der Waals surface area contributed by atoms with Crippen molar-refractivity contribution in [2.75, 3.05) is 13.9 Å². The molecular formula is C17H18O4.